The van der Waals surface area contributed by atoms with Gasteiger partial charge in [0.05, 0.1) is 12.7 Å². The lowest BCUT2D eigenvalue weighted by molar-refractivity contribution is -0.132. The zero-order valence-electron chi connectivity index (χ0n) is 8.27. The number of phenols is 1. The molecule has 0 radical (unpaired) electrons. The average molecular weight is 207 g/mol. The van der Waals surface area contributed by atoms with E-state index >= 15 is 0 Å². The van der Waals surface area contributed by atoms with Gasteiger partial charge in [-0.15, -0.1) is 0 Å². The third-order valence-electron chi connectivity index (χ3n) is 1.66. The molecule has 0 amide bonds. The van der Waals surface area contributed by atoms with Gasteiger partial charge < -0.3 is 14.6 Å². The summed E-state index contributed by atoms with van der Waals surface area (Å²) >= 11 is 0. The minimum atomic E-state index is -0.588. The fourth-order valence-corrected chi connectivity index (χ4v) is 1.08. The van der Waals surface area contributed by atoms with E-state index in [1.54, 1.807) is 0 Å². The van der Waals surface area contributed by atoms with Gasteiger partial charge in [-0.3, -0.25) is 4.79 Å². The van der Waals surface area contributed by atoms with Gasteiger partial charge in [-0.05, 0) is 12.1 Å². The van der Waals surface area contributed by atoms with Crippen LogP contribution in [-0.4, -0.2) is 18.2 Å². The molecular weight excluding hydrogens is 198 g/mol. The van der Waals surface area contributed by atoms with Gasteiger partial charge in [0.25, 0.3) is 0 Å². The number of aromatic hydroxyl groups is 1. The summed E-state index contributed by atoms with van der Waals surface area (Å²) in [6.07, 6.45) is 0. The number of rotatable bonds is 2. The zero-order valence-corrected chi connectivity index (χ0v) is 8.27. The Hall–Kier alpha value is -2.22. The van der Waals surface area contributed by atoms with E-state index in [2.05, 4.69) is 0 Å². The third-order valence-corrected chi connectivity index (χ3v) is 1.66. The fourth-order valence-electron chi connectivity index (χ4n) is 1.08. The number of nitriles is 1. The summed E-state index contributed by atoms with van der Waals surface area (Å²) in [6, 6.07) is 4.47. The largest absolute Gasteiger partial charge is 0.504 e. The number of methoxy groups -OCH3 is 1. The molecule has 0 bridgehead atoms. The summed E-state index contributed by atoms with van der Waals surface area (Å²) in [4.78, 5) is 10.8. The van der Waals surface area contributed by atoms with Crippen molar-refractivity contribution in [2.75, 3.05) is 7.11 Å². The summed E-state index contributed by atoms with van der Waals surface area (Å²) in [7, 11) is 1.31. The molecule has 1 aromatic carbocycles. The molecular formula is C10H9NO4. The zero-order chi connectivity index (χ0) is 11.4. The summed E-state index contributed by atoms with van der Waals surface area (Å²) in [5, 5.41) is 18.2. The number of carbonyl (C=O) groups is 1. The highest BCUT2D eigenvalue weighted by Crippen LogP contribution is 2.38. The number of hydrogen-bond acceptors (Lipinski definition) is 5. The summed E-state index contributed by atoms with van der Waals surface area (Å²) in [5.74, 6) is -0.861. The Labute approximate surface area is 86.5 Å². The van der Waals surface area contributed by atoms with Crippen molar-refractivity contribution in [3.63, 3.8) is 0 Å². The van der Waals surface area contributed by atoms with Crippen LogP contribution in [0.5, 0.6) is 17.2 Å². The topological polar surface area (TPSA) is 79.6 Å². The van der Waals surface area contributed by atoms with E-state index in [4.69, 9.17) is 14.7 Å². The quantitative estimate of drug-likeness (QED) is 0.582. The van der Waals surface area contributed by atoms with Crippen molar-refractivity contribution in [3.05, 3.63) is 17.7 Å². The fraction of sp³-hybridized carbons (Fsp3) is 0.200. The molecule has 0 saturated carbocycles. The Morgan fingerprint density at radius 1 is 1.47 bits per heavy atom. The van der Waals surface area contributed by atoms with Crippen LogP contribution in [0.25, 0.3) is 0 Å². The molecule has 1 rings (SSSR count). The van der Waals surface area contributed by atoms with Crippen molar-refractivity contribution in [1.82, 2.24) is 0 Å². The number of carbonyl (C=O) groups excluding carboxylic acids is 1. The average Bonchev–Trinajstić information content (AvgIpc) is 2.18. The Balaban J connectivity index is 3.35. The Morgan fingerprint density at radius 2 is 2.13 bits per heavy atom. The summed E-state index contributed by atoms with van der Waals surface area (Å²) in [5.41, 5.74) is 0.125. The van der Waals surface area contributed by atoms with Crippen LogP contribution in [-0.2, 0) is 4.79 Å². The molecule has 1 aromatic rings. The van der Waals surface area contributed by atoms with E-state index in [0.29, 0.717) is 0 Å². The van der Waals surface area contributed by atoms with E-state index < -0.39 is 5.97 Å². The highest BCUT2D eigenvalue weighted by atomic mass is 16.6. The predicted molar refractivity (Wildman–Crippen MR) is 50.7 cm³/mol. The number of nitrogens with zero attached hydrogens (tertiary/aromatic N) is 1. The predicted octanol–water partition coefficient (Wildman–Crippen LogP) is 1.20. The number of benzene rings is 1. The molecule has 5 heteroatoms. The molecule has 0 aliphatic rings. The van der Waals surface area contributed by atoms with Gasteiger partial charge in [-0.25, -0.2) is 0 Å². The first-order valence-electron chi connectivity index (χ1n) is 4.08. The molecule has 1 N–H and O–H groups in total. The van der Waals surface area contributed by atoms with Crippen molar-refractivity contribution in [2.45, 2.75) is 6.92 Å². The minimum absolute atomic E-state index is 0.0238. The van der Waals surface area contributed by atoms with Gasteiger partial charge in [-0.1, -0.05) is 0 Å². The maximum atomic E-state index is 10.8. The van der Waals surface area contributed by atoms with Gasteiger partial charge in [0.2, 0.25) is 5.75 Å². The molecule has 0 heterocycles. The Bertz CT molecular complexity index is 434. The van der Waals surface area contributed by atoms with Crippen molar-refractivity contribution < 1.29 is 19.4 Å². The highest BCUT2D eigenvalue weighted by Gasteiger charge is 2.16. The molecule has 5 nitrogen and oxygen atoms in total. The molecule has 0 atom stereocenters. The van der Waals surface area contributed by atoms with E-state index in [1.807, 2.05) is 6.07 Å². The lowest BCUT2D eigenvalue weighted by Gasteiger charge is -2.10. The lowest BCUT2D eigenvalue weighted by Crippen LogP contribution is -2.04. The molecule has 0 saturated heterocycles. The minimum Gasteiger partial charge on any atom is -0.504 e. The van der Waals surface area contributed by atoms with Crippen LogP contribution in [0, 0.1) is 11.3 Å². The lowest BCUT2D eigenvalue weighted by atomic mass is 10.2. The second-order valence-corrected chi connectivity index (χ2v) is 2.70. The Kier molecular flexibility index (Phi) is 3.13. The van der Waals surface area contributed by atoms with Gasteiger partial charge in [0, 0.05) is 6.92 Å². The summed E-state index contributed by atoms with van der Waals surface area (Å²) in [6.45, 7) is 1.20. The van der Waals surface area contributed by atoms with Crippen LogP contribution in [0.3, 0.4) is 0 Å². The normalized spacial score (nSPS) is 9.13. The molecule has 0 aliphatic carbocycles. The van der Waals surface area contributed by atoms with E-state index in [9.17, 15) is 9.90 Å². The van der Waals surface area contributed by atoms with Crippen LogP contribution in [0.2, 0.25) is 0 Å². The summed E-state index contributed by atoms with van der Waals surface area (Å²) < 4.78 is 9.63. The van der Waals surface area contributed by atoms with E-state index in [-0.39, 0.29) is 22.8 Å². The number of hydrogen-bond donors (Lipinski definition) is 1. The first kappa shape index (κ1) is 10.9. The molecule has 15 heavy (non-hydrogen) atoms. The number of esters is 1. The molecule has 0 aromatic heterocycles. The standard InChI is InChI=1S/C10H9NO4/c1-6(12)15-9-7(5-11)3-4-8(13)10(9)14-2/h3-4,13H,1-2H3. The maximum absolute atomic E-state index is 10.8. The molecule has 0 aliphatic heterocycles. The molecule has 0 fully saturated rings. The second kappa shape index (κ2) is 4.33. The molecule has 0 unspecified atom stereocenters. The SMILES string of the molecule is COc1c(O)ccc(C#N)c1OC(C)=O. The van der Waals surface area contributed by atoms with Gasteiger partial charge in [0.15, 0.2) is 11.5 Å². The van der Waals surface area contributed by atoms with Crippen LogP contribution in [0.4, 0.5) is 0 Å². The molecule has 0 spiro atoms. The van der Waals surface area contributed by atoms with Crippen molar-refractivity contribution in [3.8, 4) is 23.3 Å². The van der Waals surface area contributed by atoms with Crippen molar-refractivity contribution >= 4 is 5.97 Å². The van der Waals surface area contributed by atoms with Gasteiger partial charge in [0.1, 0.15) is 6.07 Å². The second-order valence-electron chi connectivity index (χ2n) is 2.70. The Morgan fingerprint density at radius 3 is 2.60 bits per heavy atom. The van der Waals surface area contributed by atoms with E-state index in [1.165, 1.54) is 26.2 Å². The molecule has 78 valence electrons. The van der Waals surface area contributed by atoms with Gasteiger partial charge in [-0.2, -0.15) is 5.26 Å². The number of ether oxygens (including phenoxy) is 2. The van der Waals surface area contributed by atoms with Crippen LogP contribution < -0.4 is 9.47 Å². The maximum Gasteiger partial charge on any atom is 0.308 e. The van der Waals surface area contributed by atoms with E-state index in [0.717, 1.165) is 0 Å². The van der Waals surface area contributed by atoms with Crippen LogP contribution in [0.1, 0.15) is 12.5 Å². The van der Waals surface area contributed by atoms with Crippen LogP contribution >= 0.6 is 0 Å². The highest BCUT2D eigenvalue weighted by molar-refractivity contribution is 5.73. The monoisotopic (exact) mass is 207 g/mol. The first-order chi connectivity index (χ1) is 7.10. The van der Waals surface area contributed by atoms with Crippen molar-refractivity contribution in [1.29, 1.82) is 5.26 Å². The van der Waals surface area contributed by atoms with Gasteiger partial charge >= 0.3 is 5.97 Å². The first-order valence-corrected chi connectivity index (χ1v) is 4.08. The smallest absolute Gasteiger partial charge is 0.308 e. The third kappa shape index (κ3) is 2.17. The van der Waals surface area contributed by atoms with Crippen LogP contribution in [0.15, 0.2) is 12.1 Å². The number of phenolic OH excluding ortho intramolecular Hbond substituents is 1. The van der Waals surface area contributed by atoms with Crippen molar-refractivity contribution in [2.24, 2.45) is 0 Å².